The number of guanidine groups is 1. The van der Waals surface area contributed by atoms with E-state index in [4.69, 9.17) is 0 Å². The van der Waals surface area contributed by atoms with Gasteiger partial charge in [0.2, 0.25) is 0 Å². The number of aromatic nitrogens is 3. The van der Waals surface area contributed by atoms with Gasteiger partial charge in [0.25, 0.3) is 0 Å². The van der Waals surface area contributed by atoms with Gasteiger partial charge in [0.15, 0.2) is 5.96 Å². The first-order valence-corrected chi connectivity index (χ1v) is 10.8. The molecule has 0 atom stereocenters. The lowest BCUT2D eigenvalue weighted by Crippen LogP contribution is -2.38. The molecule has 8 heteroatoms. The molecule has 0 aliphatic rings. The molecule has 0 saturated heterocycles. The van der Waals surface area contributed by atoms with Gasteiger partial charge in [0, 0.05) is 49.7 Å². The van der Waals surface area contributed by atoms with Crippen molar-refractivity contribution < 1.29 is 4.39 Å². The quantitative estimate of drug-likeness (QED) is 0.416. The number of hydrogen-bond acceptors (Lipinski definition) is 4. The van der Waals surface area contributed by atoms with E-state index >= 15 is 0 Å². The number of aryl methyl sites for hydroxylation is 1. The molecule has 0 bridgehead atoms. The molecular weight excluding hydrogens is 387 g/mol. The van der Waals surface area contributed by atoms with Crippen LogP contribution in [0, 0.1) is 5.82 Å². The third-order valence-corrected chi connectivity index (χ3v) is 5.50. The maximum atomic E-state index is 13.1. The summed E-state index contributed by atoms with van der Waals surface area (Å²) in [7, 11) is 0. The molecule has 154 valence electrons. The highest BCUT2D eigenvalue weighted by atomic mass is 32.1. The third-order valence-electron chi connectivity index (χ3n) is 4.30. The summed E-state index contributed by atoms with van der Waals surface area (Å²) in [6, 6.07) is 8.28. The van der Waals surface area contributed by atoms with Gasteiger partial charge in [-0.2, -0.15) is 5.10 Å². The minimum atomic E-state index is -0.249. The monoisotopic (exact) mass is 414 g/mol. The Kier molecular flexibility index (Phi) is 7.75. The molecule has 29 heavy (non-hydrogen) atoms. The molecule has 2 N–H and O–H groups in total. The lowest BCUT2D eigenvalue weighted by molar-refractivity contribution is 0.627. The highest BCUT2D eigenvalue weighted by Gasteiger charge is 2.04. The van der Waals surface area contributed by atoms with Crippen LogP contribution in [0.2, 0.25) is 0 Å². The first kappa shape index (κ1) is 21.0. The Balaban J connectivity index is 1.48. The molecule has 6 nitrogen and oxygen atoms in total. The molecule has 3 rings (SSSR count). The number of thiazole rings is 1. The van der Waals surface area contributed by atoms with Crippen LogP contribution < -0.4 is 10.6 Å². The standard InChI is InChI=1S/C21H27FN6S/c1-3-19-15-26-20(29-19)10-13-25-21(23-4-2)24-12-9-17-11-14-28(27-17)18-7-5-16(22)6-8-18/h5-8,11,14-15H,3-4,9-10,12-13H2,1-2H3,(H2,23,24,25). The van der Waals surface area contributed by atoms with Crippen molar-refractivity contribution in [1.29, 1.82) is 0 Å². The number of hydrogen-bond donors (Lipinski definition) is 2. The zero-order chi connectivity index (χ0) is 20.5. The minimum absolute atomic E-state index is 0.249. The molecule has 3 aromatic rings. The minimum Gasteiger partial charge on any atom is -0.357 e. The lowest BCUT2D eigenvalue weighted by atomic mass is 10.3. The molecule has 0 saturated carbocycles. The van der Waals surface area contributed by atoms with Crippen molar-refractivity contribution in [2.75, 3.05) is 19.6 Å². The number of halogens is 1. The molecule has 2 heterocycles. The largest absolute Gasteiger partial charge is 0.357 e. The van der Waals surface area contributed by atoms with Crippen LogP contribution in [0.4, 0.5) is 4.39 Å². The smallest absolute Gasteiger partial charge is 0.191 e. The fraction of sp³-hybridized carbons (Fsp3) is 0.381. The molecule has 2 aromatic heterocycles. The summed E-state index contributed by atoms with van der Waals surface area (Å²) in [6.45, 7) is 6.43. The SMILES string of the molecule is CCNC(=NCCc1ncc(CC)s1)NCCc1ccn(-c2ccc(F)cc2)n1. The molecule has 0 aliphatic heterocycles. The lowest BCUT2D eigenvalue weighted by Gasteiger charge is -2.10. The summed E-state index contributed by atoms with van der Waals surface area (Å²) in [6.07, 6.45) is 6.50. The van der Waals surface area contributed by atoms with Crippen LogP contribution in [0.3, 0.4) is 0 Å². The highest BCUT2D eigenvalue weighted by Crippen LogP contribution is 2.13. The van der Waals surface area contributed by atoms with Crippen LogP contribution >= 0.6 is 11.3 Å². The number of nitrogens with zero attached hydrogens (tertiary/aromatic N) is 4. The Labute approximate surface area is 174 Å². The number of aliphatic imine (C=N–C) groups is 1. The van der Waals surface area contributed by atoms with E-state index in [0.29, 0.717) is 6.54 Å². The van der Waals surface area contributed by atoms with Crippen LogP contribution in [0.25, 0.3) is 5.69 Å². The fourth-order valence-corrected chi connectivity index (χ4v) is 3.62. The Morgan fingerprint density at radius 1 is 1.14 bits per heavy atom. The summed E-state index contributed by atoms with van der Waals surface area (Å²) in [4.78, 5) is 10.4. The molecular formula is C21H27FN6S. The first-order chi connectivity index (χ1) is 14.2. The van der Waals surface area contributed by atoms with Gasteiger partial charge in [0.05, 0.1) is 16.4 Å². The molecule has 0 radical (unpaired) electrons. The van der Waals surface area contributed by atoms with Crippen LogP contribution in [0.1, 0.15) is 29.4 Å². The van der Waals surface area contributed by atoms with E-state index < -0.39 is 0 Å². The van der Waals surface area contributed by atoms with Gasteiger partial charge in [-0.3, -0.25) is 4.99 Å². The number of benzene rings is 1. The van der Waals surface area contributed by atoms with E-state index in [2.05, 4.69) is 39.6 Å². The molecule has 0 unspecified atom stereocenters. The summed E-state index contributed by atoms with van der Waals surface area (Å²) in [5.74, 6) is 0.555. The first-order valence-electron chi connectivity index (χ1n) is 9.94. The third kappa shape index (κ3) is 6.39. The van der Waals surface area contributed by atoms with E-state index in [-0.39, 0.29) is 5.82 Å². The van der Waals surface area contributed by atoms with Crippen molar-refractivity contribution in [2.45, 2.75) is 33.1 Å². The summed E-state index contributed by atoms with van der Waals surface area (Å²) in [5, 5.41) is 12.3. The molecule has 0 spiro atoms. The van der Waals surface area contributed by atoms with Gasteiger partial charge in [-0.25, -0.2) is 14.1 Å². The molecule has 0 fully saturated rings. The predicted molar refractivity (Wildman–Crippen MR) is 116 cm³/mol. The summed E-state index contributed by atoms with van der Waals surface area (Å²) in [5.41, 5.74) is 1.81. The summed E-state index contributed by atoms with van der Waals surface area (Å²) < 4.78 is 14.8. The Bertz CT molecular complexity index is 915. The summed E-state index contributed by atoms with van der Waals surface area (Å²) >= 11 is 1.76. The van der Waals surface area contributed by atoms with E-state index in [1.807, 2.05) is 18.5 Å². The zero-order valence-electron chi connectivity index (χ0n) is 16.9. The van der Waals surface area contributed by atoms with Gasteiger partial charge < -0.3 is 10.6 Å². The van der Waals surface area contributed by atoms with Gasteiger partial charge in [-0.15, -0.1) is 11.3 Å². The maximum absolute atomic E-state index is 13.1. The van der Waals surface area contributed by atoms with E-state index in [9.17, 15) is 4.39 Å². The van der Waals surface area contributed by atoms with Crippen LogP contribution in [0.5, 0.6) is 0 Å². The van der Waals surface area contributed by atoms with Crippen molar-refractivity contribution in [3.63, 3.8) is 0 Å². The predicted octanol–water partition coefficient (Wildman–Crippen LogP) is 3.37. The van der Waals surface area contributed by atoms with Crippen molar-refractivity contribution in [3.05, 3.63) is 64.1 Å². The topological polar surface area (TPSA) is 67.1 Å². The second-order valence-corrected chi connectivity index (χ2v) is 7.69. The van der Waals surface area contributed by atoms with Crippen LogP contribution in [-0.2, 0) is 19.3 Å². The van der Waals surface area contributed by atoms with Crippen molar-refractivity contribution in [1.82, 2.24) is 25.4 Å². The molecule has 0 aliphatic carbocycles. The number of nitrogens with one attached hydrogen (secondary N) is 2. The van der Waals surface area contributed by atoms with Crippen LogP contribution in [-0.4, -0.2) is 40.4 Å². The Morgan fingerprint density at radius 3 is 2.69 bits per heavy atom. The van der Waals surface area contributed by atoms with Gasteiger partial charge in [-0.05, 0) is 43.7 Å². The van der Waals surface area contributed by atoms with E-state index in [1.165, 1.54) is 17.0 Å². The molecule has 0 amide bonds. The molecule has 1 aromatic carbocycles. The van der Waals surface area contributed by atoms with E-state index in [1.54, 1.807) is 28.2 Å². The van der Waals surface area contributed by atoms with Crippen LogP contribution in [0.15, 0.2) is 47.7 Å². The fourth-order valence-electron chi connectivity index (χ4n) is 2.77. The van der Waals surface area contributed by atoms with E-state index in [0.717, 1.165) is 54.7 Å². The average Bonchev–Trinajstić information content (AvgIpc) is 3.38. The van der Waals surface area contributed by atoms with Crippen molar-refractivity contribution in [3.8, 4) is 5.69 Å². The van der Waals surface area contributed by atoms with Gasteiger partial charge in [-0.1, -0.05) is 6.92 Å². The van der Waals surface area contributed by atoms with Gasteiger partial charge >= 0.3 is 0 Å². The van der Waals surface area contributed by atoms with Crippen molar-refractivity contribution >= 4 is 17.3 Å². The highest BCUT2D eigenvalue weighted by molar-refractivity contribution is 7.11. The Hall–Kier alpha value is -2.74. The second kappa shape index (κ2) is 10.7. The zero-order valence-corrected chi connectivity index (χ0v) is 17.7. The maximum Gasteiger partial charge on any atom is 0.191 e. The van der Waals surface area contributed by atoms with Crippen molar-refractivity contribution in [2.24, 2.45) is 4.99 Å². The average molecular weight is 415 g/mol. The Morgan fingerprint density at radius 2 is 1.97 bits per heavy atom. The normalized spacial score (nSPS) is 11.6. The second-order valence-electron chi connectivity index (χ2n) is 6.49. The van der Waals surface area contributed by atoms with Gasteiger partial charge in [0.1, 0.15) is 5.82 Å². The number of rotatable bonds is 9.